The maximum absolute atomic E-state index is 10.7. The average Bonchev–Trinajstić information content (AvgIpc) is 2.75. The van der Waals surface area contributed by atoms with Gasteiger partial charge in [-0.1, -0.05) is 24.3 Å². The van der Waals surface area contributed by atoms with Crippen molar-refractivity contribution >= 4 is 17.1 Å². The molecule has 162 valence electrons. The number of hydrogen-bond donors (Lipinski definition) is 3. The van der Waals surface area contributed by atoms with E-state index in [2.05, 4.69) is 0 Å². The van der Waals surface area contributed by atoms with E-state index in [1.807, 2.05) is 63.2 Å². The van der Waals surface area contributed by atoms with Gasteiger partial charge in [-0.2, -0.15) is 0 Å². The fourth-order valence-electron chi connectivity index (χ4n) is 3.56. The van der Waals surface area contributed by atoms with E-state index in [-0.39, 0.29) is 17.2 Å². The van der Waals surface area contributed by atoms with Gasteiger partial charge in [0.1, 0.15) is 17.2 Å². The van der Waals surface area contributed by atoms with Gasteiger partial charge in [0.15, 0.2) is 11.5 Å². The molecule has 4 rings (SSSR count). The third-order valence-electron chi connectivity index (χ3n) is 5.16. The number of aromatic hydroxyl groups is 3. The summed E-state index contributed by atoms with van der Waals surface area (Å²) in [4.78, 5) is 1.78. The highest BCUT2D eigenvalue weighted by atomic mass is 16.5. The Morgan fingerprint density at radius 1 is 0.594 bits per heavy atom. The van der Waals surface area contributed by atoms with Gasteiger partial charge in [0, 0.05) is 6.07 Å². The highest BCUT2D eigenvalue weighted by Gasteiger charge is 2.20. The Hall–Kier alpha value is -4.12. The lowest BCUT2D eigenvalue weighted by Gasteiger charge is -2.27. The topological polar surface area (TPSA) is 73.2 Å². The summed E-state index contributed by atoms with van der Waals surface area (Å²) in [6.07, 6.45) is 0. The lowest BCUT2D eigenvalue weighted by molar-refractivity contribution is 0.411. The summed E-state index contributed by atoms with van der Waals surface area (Å²) in [5.74, 6) is 1.07. The fraction of sp³-hybridized carbons (Fsp3) is 0.111. The SMILES string of the molecule is Cc1ccc(Oc2cccc(N(c3cc(C)ccc3O)c3cc(C)ccc3O)c2)c(O)c1. The van der Waals surface area contributed by atoms with E-state index in [1.165, 1.54) is 0 Å². The van der Waals surface area contributed by atoms with Crippen molar-refractivity contribution in [1.29, 1.82) is 0 Å². The third-order valence-corrected chi connectivity index (χ3v) is 5.16. The number of nitrogens with zero attached hydrogens (tertiary/aromatic N) is 1. The van der Waals surface area contributed by atoms with Crippen LogP contribution >= 0.6 is 0 Å². The fourth-order valence-corrected chi connectivity index (χ4v) is 3.56. The molecule has 0 bridgehead atoms. The molecule has 0 atom stereocenters. The maximum Gasteiger partial charge on any atom is 0.169 e. The van der Waals surface area contributed by atoms with E-state index in [9.17, 15) is 15.3 Å². The van der Waals surface area contributed by atoms with Crippen molar-refractivity contribution in [2.24, 2.45) is 0 Å². The van der Waals surface area contributed by atoms with Gasteiger partial charge in [-0.3, -0.25) is 0 Å². The summed E-state index contributed by atoms with van der Waals surface area (Å²) in [6.45, 7) is 5.78. The predicted molar refractivity (Wildman–Crippen MR) is 127 cm³/mol. The van der Waals surface area contributed by atoms with Crippen molar-refractivity contribution in [3.8, 4) is 28.7 Å². The van der Waals surface area contributed by atoms with Gasteiger partial charge in [-0.15, -0.1) is 0 Å². The summed E-state index contributed by atoms with van der Waals surface area (Å²) in [6, 6.07) is 23.1. The predicted octanol–water partition coefficient (Wildman–Crippen LogP) is 6.99. The Morgan fingerprint density at radius 2 is 1.16 bits per heavy atom. The van der Waals surface area contributed by atoms with Crippen LogP contribution in [-0.4, -0.2) is 15.3 Å². The molecular weight excluding hydrogens is 402 g/mol. The molecule has 3 N–H and O–H groups in total. The quantitative estimate of drug-likeness (QED) is 0.320. The van der Waals surface area contributed by atoms with E-state index in [0.717, 1.165) is 16.7 Å². The molecule has 0 aromatic heterocycles. The molecule has 0 spiro atoms. The Labute approximate surface area is 187 Å². The Balaban J connectivity index is 1.84. The zero-order valence-electron chi connectivity index (χ0n) is 18.2. The zero-order chi connectivity index (χ0) is 22.8. The van der Waals surface area contributed by atoms with Crippen LogP contribution in [0.15, 0.2) is 78.9 Å². The molecule has 0 unspecified atom stereocenters. The molecule has 0 fully saturated rings. The number of hydrogen-bond acceptors (Lipinski definition) is 5. The van der Waals surface area contributed by atoms with Crippen LogP contribution in [0.5, 0.6) is 28.7 Å². The minimum atomic E-state index is 0.0555. The van der Waals surface area contributed by atoms with Crippen molar-refractivity contribution < 1.29 is 20.1 Å². The van der Waals surface area contributed by atoms with E-state index >= 15 is 0 Å². The Kier molecular flexibility index (Phi) is 5.65. The van der Waals surface area contributed by atoms with Crippen LogP contribution in [0, 0.1) is 20.8 Å². The van der Waals surface area contributed by atoms with E-state index in [1.54, 1.807) is 41.3 Å². The standard InChI is InChI=1S/C27H25NO4/c1-17-7-10-24(29)22(13-17)28(23-14-18(2)8-11-25(23)30)20-5-4-6-21(16-20)32-27-12-9-19(3)15-26(27)31/h4-16,29-31H,1-3H3. The van der Waals surface area contributed by atoms with E-state index in [4.69, 9.17) is 4.74 Å². The second-order valence-electron chi connectivity index (χ2n) is 7.89. The van der Waals surface area contributed by atoms with Crippen molar-refractivity contribution in [2.45, 2.75) is 20.8 Å². The van der Waals surface area contributed by atoms with Crippen LogP contribution in [0.2, 0.25) is 0 Å². The molecule has 0 aliphatic heterocycles. The van der Waals surface area contributed by atoms with Gasteiger partial charge < -0.3 is 25.0 Å². The summed E-state index contributed by atoms with van der Waals surface area (Å²) in [7, 11) is 0. The molecule has 4 aromatic rings. The Morgan fingerprint density at radius 3 is 1.75 bits per heavy atom. The molecule has 4 aromatic carbocycles. The first-order valence-corrected chi connectivity index (χ1v) is 10.3. The second kappa shape index (κ2) is 8.55. The minimum absolute atomic E-state index is 0.0555. The van der Waals surface area contributed by atoms with Crippen LogP contribution in [0.25, 0.3) is 0 Å². The van der Waals surface area contributed by atoms with E-state index < -0.39 is 0 Å². The third kappa shape index (κ3) is 4.32. The Bertz CT molecular complexity index is 1230. The van der Waals surface area contributed by atoms with Crippen molar-refractivity contribution in [1.82, 2.24) is 0 Å². The van der Waals surface area contributed by atoms with Gasteiger partial charge in [0.2, 0.25) is 0 Å². The first kappa shape index (κ1) is 21.1. The van der Waals surface area contributed by atoms with Gasteiger partial charge in [0.05, 0.1) is 17.1 Å². The molecule has 0 amide bonds. The monoisotopic (exact) mass is 427 g/mol. The normalized spacial score (nSPS) is 10.7. The number of anilines is 3. The first-order chi connectivity index (χ1) is 15.3. The zero-order valence-corrected chi connectivity index (χ0v) is 18.2. The van der Waals surface area contributed by atoms with Gasteiger partial charge in [-0.25, -0.2) is 0 Å². The van der Waals surface area contributed by atoms with Crippen molar-refractivity contribution in [2.75, 3.05) is 4.90 Å². The molecular formula is C27H25NO4. The molecule has 0 saturated heterocycles. The van der Waals surface area contributed by atoms with E-state index in [0.29, 0.717) is 28.6 Å². The molecule has 0 aliphatic rings. The summed E-state index contributed by atoms with van der Waals surface area (Å²) < 4.78 is 5.93. The second-order valence-corrected chi connectivity index (χ2v) is 7.89. The lowest BCUT2D eigenvalue weighted by Crippen LogP contribution is -2.11. The van der Waals surface area contributed by atoms with Crippen LogP contribution in [0.4, 0.5) is 17.1 Å². The van der Waals surface area contributed by atoms with Gasteiger partial charge in [-0.05, 0) is 86.0 Å². The summed E-state index contributed by atoms with van der Waals surface area (Å²) in [5, 5.41) is 31.6. The van der Waals surface area contributed by atoms with Crippen LogP contribution in [-0.2, 0) is 0 Å². The molecule has 32 heavy (non-hydrogen) atoms. The molecule has 0 radical (unpaired) electrons. The average molecular weight is 428 g/mol. The highest BCUT2D eigenvalue weighted by molar-refractivity contribution is 5.83. The molecule has 5 nitrogen and oxygen atoms in total. The summed E-state index contributed by atoms with van der Waals surface area (Å²) >= 11 is 0. The molecule has 5 heteroatoms. The number of ether oxygens (including phenoxy) is 1. The highest BCUT2D eigenvalue weighted by Crippen LogP contribution is 2.45. The lowest BCUT2D eigenvalue weighted by atomic mass is 10.1. The number of phenols is 3. The van der Waals surface area contributed by atoms with Crippen molar-refractivity contribution in [3.63, 3.8) is 0 Å². The molecule has 0 saturated carbocycles. The number of aryl methyl sites for hydroxylation is 3. The van der Waals surface area contributed by atoms with Crippen molar-refractivity contribution in [3.05, 3.63) is 95.6 Å². The number of phenolic OH excluding ortho intramolecular Hbond substituents is 3. The van der Waals surface area contributed by atoms with Crippen LogP contribution < -0.4 is 9.64 Å². The number of rotatable bonds is 5. The number of benzene rings is 4. The summed E-state index contributed by atoms with van der Waals surface area (Å²) in [5.41, 5.74) is 4.59. The minimum Gasteiger partial charge on any atom is -0.506 e. The maximum atomic E-state index is 10.7. The largest absolute Gasteiger partial charge is 0.506 e. The first-order valence-electron chi connectivity index (χ1n) is 10.3. The van der Waals surface area contributed by atoms with Gasteiger partial charge in [0.25, 0.3) is 0 Å². The van der Waals surface area contributed by atoms with Gasteiger partial charge >= 0.3 is 0 Å². The van der Waals surface area contributed by atoms with Crippen LogP contribution in [0.1, 0.15) is 16.7 Å². The van der Waals surface area contributed by atoms with Crippen LogP contribution in [0.3, 0.4) is 0 Å². The smallest absolute Gasteiger partial charge is 0.169 e. The molecule has 0 aliphatic carbocycles. The molecule has 0 heterocycles.